The zero-order chi connectivity index (χ0) is 26.8. The number of hydrogen-bond acceptors (Lipinski definition) is 8. The molecule has 0 radical (unpaired) electrons. The van der Waals surface area contributed by atoms with Gasteiger partial charge < -0.3 is 34.4 Å². The topological polar surface area (TPSA) is 119 Å². The number of nitrogens with one attached hydrogen (secondary N) is 2. The smallest absolute Gasteiger partial charge is 0.343 e. The lowest BCUT2D eigenvalue weighted by Crippen LogP contribution is -2.62. The molecule has 1 aromatic heterocycles. The summed E-state index contributed by atoms with van der Waals surface area (Å²) in [4.78, 5) is 26.3. The van der Waals surface area contributed by atoms with E-state index in [9.17, 15) is 14.7 Å². The van der Waals surface area contributed by atoms with Crippen LogP contribution in [-0.2, 0) is 4.79 Å². The normalized spacial score (nSPS) is 17.8. The van der Waals surface area contributed by atoms with Crippen molar-refractivity contribution in [1.82, 2.24) is 10.6 Å². The Labute approximate surface area is 212 Å². The van der Waals surface area contributed by atoms with Crippen LogP contribution in [0.5, 0.6) is 23.0 Å². The summed E-state index contributed by atoms with van der Waals surface area (Å²) in [5.41, 5.74) is -0.551. The van der Waals surface area contributed by atoms with Gasteiger partial charge in [-0.3, -0.25) is 4.79 Å². The number of rotatable bonds is 8. The van der Waals surface area contributed by atoms with Crippen LogP contribution in [0.4, 0.5) is 0 Å². The highest BCUT2D eigenvalue weighted by molar-refractivity contribution is 5.78. The Morgan fingerprint density at radius 2 is 1.72 bits per heavy atom. The number of piperidine rings is 1. The number of aryl methyl sites for hydroxylation is 1. The number of hydrogen-bond donors (Lipinski definition) is 3. The summed E-state index contributed by atoms with van der Waals surface area (Å²) in [5.74, 6) is -0.0426. The lowest BCUT2D eigenvalue weighted by atomic mass is 9.79. The number of carbonyl (C=O) groups is 1. The largest absolute Gasteiger partial charge is 0.507 e. The Balaban J connectivity index is 2.05. The van der Waals surface area contributed by atoms with Gasteiger partial charge in [-0.25, -0.2) is 4.79 Å². The SMILES string of the molecule is COc1ccc(C(CC(=O)NC2CC(C)(C)NC(C)(C)C2)c2c(O)cc(C)oc2=O)c(OC)c1OC. The van der Waals surface area contributed by atoms with Crippen molar-refractivity contribution in [2.75, 3.05) is 21.3 Å². The molecule has 1 saturated heterocycles. The number of amides is 1. The fourth-order valence-electron chi connectivity index (χ4n) is 5.59. The minimum Gasteiger partial charge on any atom is -0.507 e. The van der Waals surface area contributed by atoms with Crippen LogP contribution in [0.1, 0.15) is 69.8 Å². The van der Waals surface area contributed by atoms with Gasteiger partial charge in [-0.15, -0.1) is 0 Å². The van der Waals surface area contributed by atoms with E-state index in [1.165, 1.54) is 27.4 Å². The second kappa shape index (κ2) is 10.4. The van der Waals surface area contributed by atoms with Gasteiger partial charge in [0.15, 0.2) is 11.5 Å². The summed E-state index contributed by atoms with van der Waals surface area (Å²) in [7, 11) is 4.45. The lowest BCUT2D eigenvalue weighted by molar-refractivity contribution is -0.122. The van der Waals surface area contributed by atoms with E-state index in [2.05, 4.69) is 38.3 Å². The number of aromatic hydroxyl groups is 1. The minimum absolute atomic E-state index is 0.0211. The Morgan fingerprint density at radius 3 is 2.25 bits per heavy atom. The molecule has 36 heavy (non-hydrogen) atoms. The Bertz CT molecular complexity index is 1150. The summed E-state index contributed by atoms with van der Waals surface area (Å²) < 4.78 is 21.8. The van der Waals surface area contributed by atoms with Crippen molar-refractivity contribution in [3.05, 3.63) is 45.5 Å². The molecule has 0 aliphatic carbocycles. The van der Waals surface area contributed by atoms with Crippen molar-refractivity contribution in [2.45, 2.75) is 76.9 Å². The Kier molecular flexibility index (Phi) is 7.93. The second-order valence-corrected chi connectivity index (χ2v) is 10.7. The highest BCUT2D eigenvalue weighted by Gasteiger charge is 2.39. The first-order chi connectivity index (χ1) is 16.8. The lowest BCUT2D eigenvalue weighted by Gasteiger charge is -2.46. The van der Waals surface area contributed by atoms with Crippen molar-refractivity contribution in [1.29, 1.82) is 0 Å². The second-order valence-electron chi connectivity index (χ2n) is 10.7. The molecule has 3 rings (SSSR count). The molecule has 9 nitrogen and oxygen atoms in total. The average molecular weight is 503 g/mol. The quantitative estimate of drug-likeness (QED) is 0.501. The molecule has 198 valence electrons. The van der Waals surface area contributed by atoms with E-state index in [1.54, 1.807) is 19.1 Å². The maximum Gasteiger partial charge on any atom is 0.343 e. The summed E-state index contributed by atoms with van der Waals surface area (Å²) in [6, 6.07) is 4.69. The molecule has 0 saturated carbocycles. The van der Waals surface area contributed by atoms with Crippen molar-refractivity contribution in [2.24, 2.45) is 0 Å². The molecule has 0 bridgehead atoms. The molecule has 1 aromatic carbocycles. The van der Waals surface area contributed by atoms with E-state index in [0.717, 1.165) is 12.8 Å². The fourth-order valence-corrected chi connectivity index (χ4v) is 5.59. The van der Waals surface area contributed by atoms with Crippen LogP contribution in [0.2, 0.25) is 0 Å². The van der Waals surface area contributed by atoms with Gasteiger partial charge in [0.05, 0.1) is 26.9 Å². The molecular weight excluding hydrogens is 464 g/mol. The first kappa shape index (κ1) is 27.4. The Hall–Kier alpha value is -3.20. The van der Waals surface area contributed by atoms with E-state index >= 15 is 0 Å². The average Bonchev–Trinajstić information content (AvgIpc) is 2.74. The summed E-state index contributed by atoms with van der Waals surface area (Å²) in [6.45, 7) is 10.0. The van der Waals surface area contributed by atoms with Crippen molar-refractivity contribution in [3.63, 3.8) is 0 Å². The van der Waals surface area contributed by atoms with Crippen LogP contribution < -0.4 is 30.5 Å². The third-order valence-corrected chi connectivity index (χ3v) is 6.49. The summed E-state index contributed by atoms with van der Waals surface area (Å²) >= 11 is 0. The number of benzene rings is 1. The molecule has 1 amide bonds. The van der Waals surface area contributed by atoms with E-state index in [1.807, 2.05) is 0 Å². The highest BCUT2D eigenvalue weighted by atomic mass is 16.5. The number of carbonyl (C=O) groups excluding carboxylic acids is 1. The molecule has 0 spiro atoms. The summed E-state index contributed by atoms with van der Waals surface area (Å²) in [6.07, 6.45) is 1.40. The van der Waals surface area contributed by atoms with Crippen LogP contribution in [0.25, 0.3) is 0 Å². The molecule has 1 atom stereocenters. The zero-order valence-electron chi connectivity index (χ0n) is 22.4. The number of methoxy groups -OCH3 is 3. The van der Waals surface area contributed by atoms with Crippen LogP contribution in [0.3, 0.4) is 0 Å². The third-order valence-electron chi connectivity index (χ3n) is 6.49. The molecular formula is C27H38N2O7. The first-order valence-corrected chi connectivity index (χ1v) is 12.0. The van der Waals surface area contributed by atoms with E-state index in [4.69, 9.17) is 18.6 Å². The molecule has 2 aromatic rings. The van der Waals surface area contributed by atoms with E-state index in [0.29, 0.717) is 22.8 Å². The predicted octanol–water partition coefficient (Wildman–Crippen LogP) is 3.63. The van der Waals surface area contributed by atoms with Crippen molar-refractivity contribution < 1.29 is 28.5 Å². The van der Waals surface area contributed by atoms with Gasteiger partial charge in [0, 0.05) is 41.1 Å². The molecule has 1 aliphatic heterocycles. The standard InChI is InChI=1S/C27H38N2O7/c1-15-11-19(30)22(25(32)36-15)18(17-9-10-20(33-6)24(35-8)23(17)34-7)12-21(31)28-16-13-26(2,3)29-27(4,5)14-16/h9-11,16,18,29-30H,12-14H2,1-8H3,(H,28,31). The highest BCUT2D eigenvalue weighted by Crippen LogP contribution is 2.46. The molecule has 1 unspecified atom stereocenters. The first-order valence-electron chi connectivity index (χ1n) is 12.0. The fraction of sp³-hybridized carbons (Fsp3) is 0.556. The maximum atomic E-state index is 13.4. The van der Waals surface area contributed by atoms with Gasteiger partial charge in [-0.1, -0.05) is 6.07 Å². The monoisotopic (exact) mass is 502 g/mol. The van der Waals surface area contributed by atoms with Gasteiger partial charge in [-0.05, 0) is 53.5 Å². The summed E-state index contributed by atoms with van der Waals surface area (Å²) in [5, 5.41) is 17.5. The van der Waals surface area contributed by atoms with Crippen molar-refractivity contribution >= 4 is 5.91 Å². The zero-order valence-corrected chi connectivity index (χ0v) is 22.4. The van der Waals surface area contributed by atoms with Gasteiger partial charge in [0.2, 0.25) is 11.7 Å². The van der Waals surface area contributed by atoms with E-state index < -0.39 is 11.5 Å². The molecule has 1 fully saturated rings. The van der Waals surface area contributed by atoms with Crippen LogP contribution in [0, 0.1) is 6.92 Å². The van der Waals surface area contributed by atoms with Gasteiger partial charge >= 0.3 is 5.63 Å². The molecule has 9 heteroatoms. The third kappa shape index (κ3) is 5.95. The van der Waals surface area contributed by atoms with Crippen molar-refractivity contribution in [3.8, 4) is 23.0 Å². The van der Waals surface area contributed by atoms with Gasteiger partial charge in [0.25, 0.3) is 0 Å². The number of ether oxygens (including phenoxy) is 3. The van der Waals surface area contributed by atoms with Crippen LogP contribution in [0.15, 0.2) is 27.4 Å². The predicted molar refractivity (Wildman–Crippen MR) is 136 cm³/mol. The minimum atomic E-state index is -0.862. The molecule has 1 aliphatic rings. The maximum absolute atomic E-state index is 13.4. The van der Waals surface area contributed by atoms with Crippen LogP contribution in [-0.4, -0.2) is 49.5 Å². The molecule has 2 heterocycles. The van der Waals surface area contributed by atoms with Gasteiger partial charge in [-0.2, -0.15) is 0 Å². The van der Waals surface area contributed by atoms with Crippen LogP contribution >= 0.6 is 0 Å². The Morgan fingerprint density at radius 1 is 1.11 bits per heavy atom. The van der Waals surface area contributed by atoms with Gasteiger partial charge in [0.1, 0.15) is 11.5 Å². The van der Waals surface area contributed by atoms with E-state index in [-0.39, 0.29) is 46.5 Å². The molecule has 3 N–H and O–H groups in total.